The van der Waals surface area contributed by atoms with E-state index < -0.39 is 30.3 Å². The topological polar surface area (TPSA) is 20.2 Å². The van der Waals surface area contributed by atoms with Crippen LogP contribution in [0.25, 0.3) is 0 Å². The van der Waals surface area contributed by atoms with E-state index in [0.717, 1.165) is 6.42 Å². The van der Waals surface area contributed by atoms with E-state index in [0.29, 0.717) is 30.6 Å². The van der Waals surface area contributed by atoms with E-state index in [1.807, 2.05) is 6.92 Å². The van der Waals surface area contributed by atoms with Crippen LogP contribution >= 0.6 is 0 Å². The van der Waals surface area contributed by atoms with Gasteiger partial charge in [0.2, 0.25) is 0 Å². The quantitative estimate of drug-likeness (QED) is 0.635. The zero-order valence-electron chi connectivity index (χ0n) is 14.2. The van der Waals surface area contributed by atoms with Gasteiger partial charge in [-0.05, 0) is 54.8 Å². The average molecular weight is 360 g/mol. The normalized spacial score (nSPS) is 35.5. The fourth-order valence-corrected chi connectivity index (χ4v) is 5.15. The predicted octanol–water partition coefficient (Wildman–Crippen LogP) is 5.58. The molecule has 1 N–H and O–H groups in total. The number of aliphatic hydroxyl groups is 1. The summed E-state index contributed by atoms with van der Waals surface area (Å²) in [5, 5.41) is 9.58. The molecular weight excluding hydrogens is 334 g/mol. The summed E-state index contributed by atoms with van der Waals surface area (Å²) in [4.78, 5) is 0. The molecule has 7 heteroatoms. The highest BCUT2D eigenvalue weighted by molar-refractivity contribution is 5.03. The van der Waals surface area contributed by atoms with Crippen molar-refractivity contribution in [3.05, 3.63) is 0 Å². The van der Waals surface area contributed by atoms with Crippen molar-refractivity contribution < 1.29 is 31.4 Å². The molecule has 2 bridgehead atoms. The lowest BCUT2D eigenvalue weighted by Crippen LogP contribution is -2.58. The molecule has 0 aromatic rings. The first-order valence-corrected chi connectivity index (χ1v) is 8.69. The van der Waals surface area contributed by atoms with Crippen LogP contribution in [0.15, 0.2) is 0 Å². The molecular formula is C17H26F6O. The Kier molecular flexibility index (Phi) is 5.27. The lowest BCUT2D eigenvalue weighted by molar-refractivity contribution is -0.373. The lowest BCUT2D eigenvalue weighted by atomic mass is 9.67. The maximum atomic E-state index is 13.0. The maximum absolute atomic E-state index is 13.0. The van der Waals surface area contributed by atoms with Crippen LogP contribution in [0.2, 0.25) is 0 Å². The Hall–Kier alpha value is -0.460. The van der Waals surface area contributed by atoms with Crippen LogP contribution in [0.5, 0.6) is 0 Å². The summed E-state index contributed by atoms with van der Waals surface area (Å²) in [5.41, 5.74) is -4.61. The predicted molar refractivity (Wildman–Crippen MR) is 78.1 cm³/mol. The van der Waals surface area contributed by atoms with Crippen molar-refractivity contribution in [1.29, 1.82) is 0 Å². The Bertz CT molecular complexity index is 427. The van der Waals surface area contributed by atoms with Gasteiger partial charge in [-0.25, -0.2) is 0 Å². The Morgan fingerprint density at radius 3 is 1.88 bits per heavy atom. The van der Waals surface area contributed by atoms with Crippen molar-refractivity contribution in [2.45, 2.75) is 70.8 Å². The van der Waals surface area contributed by atoms with E-state index in [1.54, 1.807) is 6.92 Å². The molecule has 0 amide bonds. The van der Waals surface area contributed by atoms with Crippen LogP contribution in [-0.2, 0) is 0 Å². The largest absolute Gasteiger partial charge is 0.426 e. The van der Waals surface area contributed by atoms with E-state index in [1.165, 1.54) is 0 Å². The second-order valence-electron chi connectivity index (χ2n) is 7.89. The van der Waals surface area contributed by atoms with Gasteiger partial charge in [0.05, 0.1) is 0 Å². The van der Waals surface area contributed by atoms with Crippen LogP contribution in [0.3, 0.4) is 0 Å². The molecule has 5 unspecified atom stereocenters. The third-order valence-electron chi connectivity index (χ3n) is 6.71. The second kappa shape index (κ2) is 6.36. The molecule has 142 valence electrons. The summed E-state index contributed by atoms with van der Waals surface area (Å²) in [6.07, 6.45) is -10.3. The molecule has 0 saturated heterocycles. The van der Waals surface area contributed by atoms with E-state index in [9.17, 15) is 31.4 Å². The molecule has 0 aromatic carbocycles. The summed E-state index contributed by atoms with van der Waals surface area (Å²) >= 11 is 0. The van der Waals surface area contributed by atoms with Crippen LogP contribution in [-0.4, -0.2) is 23.1 Å². The molecule has 0 heterocycles. The minimum atomic E-state index is -5.71. The van der Waals surface area contributed by atoms with Crippen LogP contribution < -0.4 is 0 Å². The molecule has 2 rings (SSSR count). The van der Waals surface area contributed by atoms with Crippen LogP contribution in [0, 0.1) is 35.5 Å². The van der Waals surface area contributed by atoms with Crippen LogP contribution in [0.1, 0.15) is 52.9 Å². The van der Waals surface area contributed by atoms with Crippen molar-refractivity contribution in [3.8, 4) is 0 Å². The second-order valence-corrected chi connectivity index (χ2v) is 7.89. The minimum absolute atomic E-state index is 0.155. The number of alkyl halides is 6. The fourth-order valence-electron chi connectivity index (χ4n) is 5.15. The lowest BCUT2D eigenvalue weighted by Gasteiger charge is -2.41. The minimum Gasteiger partial charge on any atom is -0.374 e. The molecule has 6 atom stereocenters. The SMILES string of the molecule is CCC[C@@H](CC(O)(C(F)(F)F)C(F)(F)F)C1CC2CC1C(C)C2C. The molecule has 0 aromatic heterocycles. The van der Waals surface area contributed by atoms with Gasteiger partial charge in [-0.2, -0.15) is 26.3 Å². The molecule has 2 aliphatic rings. The Balaban J connectivity index is 2.25. The first-order valence-electron chi connectivity index (χ1n) is 8.69. The summed E-state index contributed by atoms with van der Waals surface area (Å²) in [7, 11) is 0. The average Bonchev–Trinajstić information content (AvgIpc) is 2.97. The highest BCUT2D eigenvalue weighted by atomic mass is 19.4. The summed E-state index contributed by atoms with van der Waals surface area (Å²) < 4.78 is 78.3. The number of hydrogen-bond acceptors (Lipinski definition) is 1. The number of halogens is 6. The van der Waals surface area contributed by atoms with E-state index in [2.05, 4.69) is 6.92 Å². The summed E-state index contributed by atoms with van der Waals surface area (Å²) in [6, 6.07) is 0. The Labute approximate surface area is 138 Å². The van der Waals surface area contributed by atoms with Gasteiger partial charge < -0.3 is 5.11 Å². The highest BCUT2D eigenvalue weighted by Crippen LogP contribution is 2.59. The van der Waals surface area contributed by atoms with Crippen molar-refractivity contribution in [3.63, 3.8) is 0 Å². The monoisotopic (exact) mass is 360 g/mol. The van der Waals surface area contributed by atoms with Crippen molar-refractivity contribution >= 4 is 0 Å². The molecule has 2 fully saturated rings. The first-order chi connectivity index (χ1) is 10.8. The standard InChI is InChI=1S/C17H26F6O/c1-4-5-11(8-15(24,16(18,19)20)17(21,22)23)14-7-12-6-13(14)10(3)9(12)2/h9-14,24H,4-8H2,1-3H3/t9?,10?,11-,12?,13?,14?/m0/s1. The zero-order chi connectivity index (χ0) is 18.5. The molecule has 24 heavy (non-hydrogen) atoms. The molecule has 0 radical (unpaired) electrons. The molecule has 2 saturated carbocycles. The zero-order valence-corrected chi connectivity index (χ0v) is 14.2. The van der Waals surface area contributed by atoms with Gasteiger partial charge in [-0.1, -0.05) is 33.6 Å². The van der Waals surface area contributed by atoms with Crippen molar-refractivity contribution in [1.82, 2.24) is 0 Å². The summed E-state index contributed by atoms with van der Waals surface area (Å²) in [5.74, 6) is 0.438. The molecule has 0 aliphatic heterocycles. The third kappa shape index (κ3) is 3.17. The van der Waals surface area contributed by atoms with Crippen LogP contribution in [0.4, 0.5) is 26.3 Å². The van der Waals surface area contributed by atoms with E-state index in [-0.39, 0.29) is 18.3 Å². The van der Waals surface area contributed by atoms with Gasteiger partial charge >= 0.3 is 12.4 Å². The van der Waals surface area contributed by atoms with Gasteiger partial charge in [0.15, 0.2) is 0 Å². The Morgan fingerprint density at radius 2 is 1.50 bits per heavy atom. The van der Waals surface area contributed by atoms with Crippen molar-refractivity contribution in [2.75, 3.05) is 0 Å². The number of hydrogen-bond donors (Lipinski definition) is 1. The number of rotatable bonds is 5. The van der Waals surface area contributed by atoms with Gasteiger partial charge in [0, 0.05) is 0 Å². The smallest absolute Gasteiger partial charge is 0.374 e. The number of fused-ring (bicyclic) bond motifs is 2. The molecule has 2 aliphatic carbocycles. The maximum Gasteiger partial charge on any atom is 0.426 e. The molecule has 0 spiro atoms. The van der Waals surface area contributed by atoms with E-state index in [4.69, 9.17) is 0 Å². The van der Waals surface area contributed by atoms with Gasteiger partial charge in [-0.15, -0.1) is 0 Å². The summed E-state index contributed by atoms with van der Waals surface area (Å²) in [6.45, 7) is 5.92. The van der Waals surface area contributed by atoms with Gasteiger partial charge in [0.1, 0.15) is 0 Å². The molecule has 1 nitrogen and oxygen atoms in total. The van der Waals surface area contributed by atoms with Gasteiger partial charge in [-0.3, -0.25) is 0 Å². The van der Waals surface area contributed by atoms with Gasteiger partial charge in [0.25, 0.3) is 5.60 Å². The highest BCUT2D eigenvalue weighted by Gasteiger charge is 2.71. The Morgan fingerprint density at radius 1 is 0.958 bits per heavy atom. The van der Waals surface area contributed by atoms with E-state index >= 15 is 0 Å². The first kappa shape index (κ1) is 19.9. The fraction of sp³-hybridized carbons (Fsp3) is 1.00. The van der Waals surface area contributed by atoms with Crippen molar-refractivity contribution in [2.24, 2.45) is 35.5 Å². The third-order valence-corrected chi connectivity index (χ3v) is 6.71.